The standard InChI is InChI=1S/C44H47F2N7O4/c45-39-32(33-11-13-38(55)48-41(33)56)10-12-36(40(39)46)52-18-14-29(15-19-52)24-50-25-43(26-50)27-53(28-43)42(57)44(30-6-2-1-3-7-30)16-20-51(21-17-44)31-22-35(49-47-23-31)34-8-4-5-9-37(34)54/h1-10,12,22-23,29,33,54H,11,13-21,24-28H2,(H,48,55,56)/t33-/m1/s1. The molecule has 0 radical (unpaired) electrons. The fourth-order valence-corrected chi connectivity index (χ4v) is 10.1. The summed E-state index contributed by atoms with van der Waals surface area (Å²) in [6, 6.07) is 22.3. The summed E-state index contributed by atoms with van der Waals surface area (Å²) in [6.07, 6.45) is 5.11. The van der Waals surface area contributed by atoms with Crippen LogP contribution in [0.3, 0.4) is 0 Å². The molecule has 11 nitrogen and oxygen atoms in total. The largest absolute Gasteiger partial charge is 0.507 e. The van der Waals surface area contributed by atoms with Crippen LogP contribution in [0.2, 0.25) is 0 Å². The maximum absolute atomic E-state index is 15.3. The van der Waals surface area contributed by atoms with Gasteiger partial charge in [0.15, 0.2) is 11.6 Å². The van der Waals surface area contributed by atoms with Gasteiger partial charge in [-0.05, 0) is 67.9 Å². The number of hydrogen-bond acceptors (Lipinski definition) is 9. The third kappa shape index (κ3) is 6.89. The SMILES string of the molecule is O=C1CC[C@H](c2ccc(N3CCC(CN4CC5(C4)CN(C(=O)C4(c6ccccc6)CCN(c6cnnc(-c7ccccc7O)c6)CC4)C5)CC3)c(F)c2F)C(=O)N1. The van der Waals surface area contributed by atoms with E-state index in [0.29, 0.717) is 56.2 Å². The van der Waals surface area contributed by atoms with Gasteiger partial charge in [0.05, 0.1) is 34.6 Å². The van der Waals surface area contributed by atoms with E-state index in [1.54, 1.807) is 24.4 Å². The third-order valence-corrected chi connectivity index (χ3v) is 13.2. The summed E-state index contributed by atoms with van der Waals surface area (Å²) in [5.74, 6) is -2.97. The molecule has 13 heteroatoms. The number of aromatic nitrogens is 2. The lowest BCUT2D eigenvalue weighted by molar-refractivity contribution is -0.166. The van der Waals surface area contributed by atoms with Crippen LogP contribution in [0.4, 0.5) is 20.2 Å². The summed E-state index contributed by atoms with van der Waals surface area (Å²) in [4.78, 5) is 47.0. The average Bonchev–Trinajstić information content (AvgIpc) is 3.20. The molecule has 5 saturated heterocycles. The Morgan fingerprint density at radius 1 is 0.842 bits per heavy atom. The molecule has 1 atom stereocenters. The number of nitrogens with one attached hydrogen (secondary N) is 1. The fraction of sp³-hybridized carbons (Fsp3) is 0.432. The van der Waals surface area contributed by atoms with Crippen molar-refractivity contribution in [2.75, 3.05) is 68.7 Å². The van der Waals surface area contributed by atoms with Gasteiger partial charge < -0.3 is 24.7 Å². The van der Waals surface area contributed by atoms with Crippen LogP contribution >= 0.6 is 0 Å². The van der Waals surface area contributed by atoms with Crippen LogP contribution in [0.15, 0.2) is 79.0 Å². The van der Waals surface area contributed by atoms with Crippen molar-refractivity contribution in [2.45, 2.75) is 49.9 Å². The van der Waals surface area contributed by atoms with Gasteiger partial charge in [-0.25, -0.2) is 8.78 Å². The van der Waals surface area contributed by atoms with Crippen molar-refractivity contribution in [1.82, 2.24) is 25.3 Å². The predicted octanol–water partition coefficient (Wildman–Crippen LogP) is 5.25. The van der Waals surface area contributed by atoms with Crippen LogP contribution in [0.1, 0.15) is 55.6 Å². The second-order valence-electron chi connectivity index (χ2n) is 16.8. The summed E-state index contributed by atoms with van der Waals surface area (Å²) in [6.45, 7) is 7.00. The van der Waals surface area contributed by atoms with E-state index >= 15 is 8.78 Å². The van der Waals surface area contributed by atoms with Gasteiger partial charge in [0.1, 0.15) is 5.75 Å². The molecule has 3 aromatic carbocycles. The number of piperidine rings is 3. The normalized spacial score (nSPS) is 22.2. The van der Waals surface area contributed by atoms with Crippen LogP contribution in [0.25, 0.3) is 11.3 Å². The number of hydrogen-bond donors (Lipinski definition) is 2. The molecule has 0 bridgehead atoms. The molecular weight excluding hydrogens is 729 g/mol. The number of nitrogens with zero attached hydrogens (tertiary/aromatic N) is 6. The predicted molar refractivity (Wildman–Crippen MR) is 211 cm³/mol. The van der Waals surface area contributed by atoms with Crippen molar-refractivity contribution in [3.05, 3.63) is 102 Å². The fourth-order valence-electron chi connectivity index (χ4n) is 10.1. The lowest BCUT2D eigenvalue weighted by atomic mass is 9.67. The lowest BCUT2D eigenvalue weighted by Gasteiger charge is -2.62. The van der Waals surface area contributed by atoms with E-state index in [-0.39, 0.29) is 41.2 Å². The number of para-hydroxylation sites is 1. The van der Waals surface area contributed by atoms with Gasteiger partial charge in [-0.3, -0.25) is 19.7 Å². The van der Waals surface area contributed by atoms with Crippen molar-refractivity contribution in [3.8, 4) is 17.0 Å². The van der Waals surface area contributed by atoms with E-state index in [0.717, 1.165) is 56.8 Å². The number of rotatable bonds is 8. The molecule has 57 heavy (non-hydrogen) atoms. The molecule has 4 aromatic rings. The molecule has 3 amide bonds. The highest BCUT2D eigenvalue weighted by atomic mass is 19.2. The van der Waals surface area contributed by atoms with Crippen LogP contribution < -0.4 is 15.1 Å². The maximum atomic E-state index is 15.3. The number of carbonyl (C=O) groups excluding carboxylic acids is 3. The Morgan fingerprint density at radius 3 is 2.28 bits per heavy atom. The molecule has 2 N–H and O–H groups in total. The Morgan fingerprint density at radius 2 is 1.56 bits per heavy atom. The number of phenolic OH excluding ortho intramolecular Hbond substituents is 1. The molecule has 1 aromatic heterocycles. The Bertz CT molecular complexity index is 2170. The highest BCUT2D eigenvalue weighted by molar-refractivity contribution is 6.01. The number of carbonyl (C=O) groups is 3. The lowest BCUT2D eigenvalue weighted by Crippen LogP contribution is -2.74. The van der Waals surface area contributed by atoms with Crippen LogP contribution in [0, 0.1) is 23.0 Å². The highest BCUT2D eigenvalue weighted by Crippen LogP contribution is 2.46. The molecule has 5 fully saturated rings. The van der Waals surface area contributed by atoms with Crippen LogP contribution in [-0.2, 0) is 19.8 Å². The highest BCUT2D eigenvalue weighted by Gasteiger charge is 2.56. The van der Waals surface area contributed by atoms with Gasteiger partial charge in [-0.2, -0.15) is 10.2 Å². The Labute approximate surface area is 330 Å². The molecule has 0 saturated carbocycles. The number of halogens is 2. The summed E-state index contributed by atoms with van der Waals surface area (Å²) in [7, 11) is 0. The minimum atomic E-state index is -1.01. The Balaban J connectivity index is 0.780. The van der Waals surface area contributed by atoms with Crippen molar-refractivity contribution in [2.24, 2.45) is 11.3 Å². The van der Waals surface area contributed by atoms with Gasteiger partial charge in [-0.15, -0.1) is 0 Å². The molecule has 9 rings (SSSR count). The number of anilines is 2. The zero-order valence-electron chi connectivity index (χ0n) is 31.9. The third-order valence-electron chi connectivity index (χ3n) is 13.2. The van der Waals surface area contributed by atoms with E-state index in [1.165, 1.54) is 6.07 Å². The molecule has 5 aliphatic rings. The van der Waals surface area contributed by atoms with E-state index in [1.807, 2.05) is 41.3 Å². The first-order valence-corrected chi connectivity index (χ1v) is 20.1. The summed E-state index contributed by atoms with van der Waals surface area (Å²) >= 11 is 0. The molecular formula is C44H47F2N7O4. The monoisotopic (exact) mass is 775 g/mol. The number of aromatic hydroxyl groups is 1. The summed E-state index contributed by atoms with van der Waals surface area (Å²) in [5, 5.41) is 21.1. The van der Waals surface area contributed by atoms with Gasteiger partial charge in [0, 0.05) is 81.9 Å². The van der Waals surface area contributed by atoms with Crippen LogP contribution in [0.5, 0.6) is 5.75 Å². The number of benzene rings is 3. The topological polar surface area (TPSA) is 122 Å². The quantitative estimate of drug-likeness (QED) is 0.232. The van der Waals surface area contributed by atoms with E-state index in [9.17, 15) is 19.5 Å². The Hall–Kier alpha value is -5.43. The van der Waals surface area contributed by atoms with E-state index in [4.69, 9.17) is 0 Å². The minimum Gasteiger partial charge on any atom is -0.507 e. The molecule has 296 valence electrons. The van der Waals surface area contributed by atoms with Gasteiger partial charge in [-0.1, -0.05) is 48.5 Å². The number of likely N-dealkylation sites (tertiary alicyclic amines) is 2. The first-order chi connectivity index (χ1) is 27.6. The maximum Gasteiger partial charge on any atom is 0.234 e. The molecule has 1 spiro atoms. The first-order valence-electron chi connectivity index (χ1n) is 20.1. The van der Waals surface area contributed by atoms with Gasteiger partial charge in [0.25, 0.3) is 0 Å². The van der Waals surface area contributed by atoms with Crippen molar-refractivity contribution in [1.29, 1.82) is 0 Å². The first kappa shape index (κ1) is 37.2. The number of imide groups is 1. The second kappa shape index (κ2) is 14.8. The number of phenols is 1. The summed E-state index contributed by atoms with van der Waals surface area (Å²) in [5.41, 5.74) is 2.96. The van der Waals surface area contributed by atoms with Crippen molar-refractivity contribution in [3.63, 3.8) is 0 Å². The van der Waals surface area contributed by atoms with Crippen LogP contribution in [-0.4, -0.2) is 102 Å². The van der Waals surface area contributed by atoms with Crippen molar-refractivity contribution < 1.29 is 28.3 Å². The summed E-state index contributed by atoms with van der Waals surface area (Å²) < 4.78 is 30.6. The molecule has 0 unspecified atom stereocenters. The smallest absolute Gasteiger partial charge is 0.234 e. The average molecular weight is 776 g/mol. The van der Waals surface area contributed by atoms with Gasteiger partial charge in [0.2, 0.25) is 17.7 Å². The molecule has 0 aliphatic carbocycles. The zero-order chi connectivity index (χ0) is 39.3. The molecule has 6 heterocycles. The zero-order valence-corrected chi connectivity index (χ0v) is 31.9. The van der Waals surface area contributed by atoms with Gasteiger partial charge >= 0.3 is 0 Å². The van der Waals surface area contributed by atoms with Crippen molar-refractivity contribution >= 4 is 29.1 Å². The minimum absolute atomic E-state index is 0.000499. The second-order valence-corrected chi connectivity index (χ2v) is 16.8. The molecule has 5 aliphatic heterocycles. The van der Waals surface area contributed by atoms with E-state index in [2.05, 4.69) is 42.3 Å². The van der Waals surface area contributed by atoms with E-state index < -0.39 is 34.8 Å². The number of amides is 3. The Kier molecular flexibility index (Phi) is 9.66.